The number of hydrogen-bond acceptors (Lipinski definition) is 6. The Labute approximate surface area is 173 Å². The van der Waals surface area contributed by atoms with Gasteiger partial charge in [-0.25, -0.2) is 12.8 Å². The maximum Gasteiger partial charge on any atom is 0.249 e. The van der Waals surface area contributed by atoms with Gasteiger partial charge in [0, 0.05) is 18.8 Å². The molecule has 0 aromatic heterocycles. The van der Waals surface area contributed by atoms with Crippen LogP contribution in [0, 0.1) is 17.1 Å². The van der Waals surface area contributed by atoms with E-state index in [0.717, 1.165) is 22.9 Å². The van der Waals surface area contributed by atoms with E-state index in [1.807, 2.05) is 0 Å². The van der Waals surface area contributed by atoms with E-state index in [2.05, 4.69) is 6.07 Å². The molecular weight excluding hydrogens is 413 g/mol. The predicted molar refractivity (Wildman–Crippen MR) is 102 cm³/mol. The molecule has 3 aliphatic heterocycles. The Morgan fingerprint density at radius 3 is 2.83 bits per heavy atom. The van der Waals surface area contributed by atoms with E-state index in [1.165, 1.54) is 28.0 Å². The first-order valence-corrected chi connectivity index (χ1v) is 10.9. The van der Waals surface area contributed by atoms with Gasteiger partial charge in [0.25, 0.3) is 0 Å². The molecule has 11 heteroatoms. The summed E-state index contributed by atoms with van der Waals surface area (Å²) >= 11 is 0. The topological polar surface area (TPSA) is 128 Å². The van der Waals surface area contributed by atoms with Crippen LogP contribution in [-0.4, -0.2) is 72.1 Å². The summed E-state index contributed by atoms with van der Waals surface area (Å²) in [6.45, 7) is 0.285. The summed E-state index contributed by atoms with van der Waals surface area (Å²) < 4.78 is 40.2. The molecule has 2 N–H and O–H groups in total. The predicted octanol–water partition coefficient (Wildman–Crippen LogP) is -0.233. The van der Waals surface area contributed by atoms with Crippen molar-refractivity contribution in [2.24, 2.45) is 5.73 Å². The van der Waals surface area contributed by atoms with Gasteiger partial charge in [0.15, 0.2) is 0 Å². The maximum atomic E-state index is 13.5. The van der Waals surface area contributed by atoms with Gasteiger partial charge in [-0.2, -0.15) is 9.57 Å². The van der Waals surface area contributed by atoms with Gasteiger partial charge < -0.3 is 15.5 Å². The molecule has 0 saturated carbocycles. The summed E-state index contributed by atoms with van der Waals surface area (Å²) in [5.41, 5.74) is 6.46. The van der Waals surface area contributed by atoms with Gasteiger partial charge in [0.2, 0.25) is 21.8 Å². The summed E-state index contributed by atoms with van der Waals surface area (Å²) in [4.78, 5) is 27.9. The van der Waals surface area contributed by atoms with Crippen molar-refractivity contribution in [2.75, 3.05) is 19.6 Å². The van der Waals surface area contributed by atoms with Crippen molar-refractivity contribution in [2.45, 2.75) is 35.9 Å². The molecule has 1 saturated heterocycles. The van der Waals surface area contributed by atoms with Gasteiger partial charge in [-0.15, -0.1) is 0 Å². The molecule has 2 amide bonds. The number of benzene rings is 1. The second-order valence-corrected chi connectivity index (χ2v) is 9.38. The molecule has 0 aliphatic carbocycles. The maximum absolute atomic E-state index is 13.5. The van der Waals surface area contributed by atoms with Crippen LogP contribution in [0.15, 0.2) is 40.9 Å². The molecule has 0 spiro atoms. The minimum atomic E-state index is -4.07. The average molecular weight is 433 g/mol. The Morgan fingerprint density at radius 2 is 2.17 bits per heavy atom. The zero-order valence-corrected chi connectivity index (χ0v) is 16.8. The highest BCUT2D eigenvalue weighted by Gasteiger charge is 2.49. The van der Waals surface area contributed by atoms with E-state index >= 15 is 0 Å². The van der Waals surface area contributed by atoms with Crippen LogP contribution in [0.1, 0.15) is 12.8 Å². The van der Waals surface area contributed by atoms with E-state index in [0.29, 0.717) is 18.7 Å². The molecule has 3 heterocycles. The van der Waals surface area contributed by atoms with Crippen molar-refractivity contribution in [3.8, 4) is 6.07 Å². The largest absolute Gasteiger partial charge is 0.325 e. The van der Waals surface area contributed by atoms with E-state index < -0.39 is 45.8 Å². The third kappa shape index (κ3) is 3.27. The Hall–Kier alpha value is -2.81. The third-order valence-electron chi connectivity index (χ3n) is 5.63. The molecule has 158 valence electrons. The van der Waals surface area contributed by atoms with Gasteiger partial charge >= 0.3 is 0 Å². The van der Waals surface area contributed by atoms with Gasteiger partial charge in [-0.1, -0.05) is 6.07 Å². The summed E-state index contributed by atoms with van der Waals surface area (Å²) in [7, 11) is -4.07. The van der Waals surface area contributed by atoms with Crippen molar-refractivity contribution in [1.29, 1.82) is 5.26 Å². The third-order valence-corrected chi connectivity index (χ3v) is 7.45. The molecule has 1 fully saturated rings. The molecule has 4 rings (SSSR count). The number of fused-ring (bicyclic) bond motifs is 1. The van der Waals surface area contributed by atoms with Gasteiger partial charge in [-0.3, -0.25) is 9.59 Å². The van der Waals surface area contributed by atoms with Crippen LogP contribution in [0.25, 0.3) is 0 Å². The Balaban J connectivity index is 1.46. The lowest BCUT2D eigenvalue weighted by Gasteiger charge is -2.34. The Morgan fingerprint density at radius 1 is 1.40 bits per heavy atom. The van der Waals surface area contributed by atoms with Crippen LogP contribution in [-0.2, 0) is 19.6 Å². The zero-order valence-electron chi connectivity index (χ0n) is 15.9. The number of sulfonamides is 1. The highest BCUT2D eigenvalue weighted by atomic mass is 32.2. The van der Waals surface area contributed by atoms with Crippen LogP contribution < -0.4 is 5.73 Å². The van der Waals surface area contributed by atoms with E-state index in [9.17, 15) is 22.4 Å². The molecule has 3 atom stereocenters. The van der Waals surface area contributed by atoms with E-state index in [4.69, 9.17) is 11.0 Å². The van der Waals surface area contributed by atoms with Crippen molar-refractivity contribution in [1.82, 2.24) is 14.1 Å². The van der Waals surface area contributed by atoms with Gasteiger partial charge in [0.1, 0.15) is 23.9 Å². The van der Waals surface area contributed by atoms with Crippen LogP contribution in [0.4, 0.5) is 4.39 Å². The van der Waals surface area contributed by atoms with Crippen LogP contribution in [0.2, 0.25) is 0 Å². The van der Waals surface area contributed by atoms with Crippen molar-refractivity contribution < 1.29 is 22.4 Å². The van der Waals surface area contributed by atoms with Gasteiger partial charge in [0.05, 0.1) is 17.5 Å². The SMILES string of the molecule is N#C[C@@H]1CCCN1C(=O)[C@@H](N)CN1C(=O)[C@@H]2C=C1CN2S(=O)(=O)c1cccc(F)c1. The molecule has 30 heavy (non-hydrogen) atoms. The van der Waals surface area contributed by atoms with Crippen LogP contribution >= 0.6 is 0 Å². The van der Waals surface area contributed by atoms with Crippen molar-refractivity contribution >= 4 is 21.8 Å². The van der Waals surface area contributed by atoms with Crippen LogP contribution in [0.3, 0.4) is 0 Å². The molecular formula is C19H20FN5O4S. The van der Waals surface area contributed by atoms with Gasteiger partial charge in [-0.05, 0) is 37.1 Å². The Kier molecular flexibility index (Phi) is 5.09. The lowest BCUT2D eigenvalue weighted by atomic mass is 10.2. The minimum Gasteiger partial charge on any atom is -0.325 e. The number of hydrogen-bond donors (Lipinski definition) is 1. The molecule has 0 unspecified atom stereocenters. The fourth-order valence-electron chi connectivity index (χ4n) is 4.10. The molecule has 9 nitrogen and oxygen atoms in total. The standard InChI is InChI=1S/C19H20FN5O4S/c20-12-3-1-5-15(7-12)30(28,29)25-10-14-8-17(25)19(27)24(14)11-16(22)18(26)23-6-2-4-13(23)9-21/h1,3,5,7-8,13,16-17H,2,4,6,10-11,22H2/t13-,16-,17-/m0/s1. The number of piperazine rings is 1. The first-order valence-electron chi connectivity index (χ1n) is 9.49. The fourth-order valence-corrected chi connectivity index (χ4v) is 5.64. The van der Waals surface area contributed by atoms with Crippen molar-refractivity contribution in [3.63, 3.8) is 0 Å². The summed E-state index contributed by atoms with van der Waals surface area (Å²) in [6.07, 6.45) is 2.83. The molecule has 0 radical (unpaired) electrons. The van der Waals surface area contributed by atoms with Crippen molar-refractivity contribution in [3.05, 3.63) is 41.9 Å². The number of nitrogens with two attached hydrogens (primary N) is 1. The van der Waals surface area contributed by atoms with E-state index in [1.54, 1.807) is 0 Å². The number of nitriles is 1. The van der Waals surface area contributed by atoms with E-state index in [-0.39, 0.29) is 18.0 Å². The highest BCUT2D eigenvalue weighted by molar-refractivity contribution is 7.89. The molecule has 1 aromatic carbocycles. The zero-order chi connectivity index (χ0) is 21.6. The first kappa shape index (κ1) is 20.5. The number of carbonyl (C=O) groups excluding carboxylic acids is 2. The summed E-state index contributed by atoms with van der Waals surface area (Å²) in [5, 5.41) is 9.15. The number of likely N-dealkylation sites (tertiary alicyclic amines) is 1. The number of nitrogens with zero attached hydrogens (tertiary/aromatic N) is 4. The second kappa shape index (κ2) is 7.46. The normalized spacial score (nSPS) is 24.8. The quantitative estimate of drug-likeness (QED) is 0.683. The first-order chi connectivity index (χ1) is 14.2. The fraction of sp³-hybridized carbons (Fsp3) is 0.421. The second-order valence-electron chi connectivity index (χ2n) is 7.48. The lowest BCUT2D eigenvalue weighted by molar-refractivity contribution is -0.135. The molecule has 3 aliphatic rings. The highest BCUT2D eigenvalue weighted by Crippen LogP contribution is 2.34. The van der Waals surface area contributed by atoms with Crippen LogP contribution in [0.5, 0.6) is 0 Å². The Bertz CT molecular complexity index is 1080. The molecule has 2 bridgehead atoms. The average Bonchev–Trinajstić information content (AvgIpc) is 3.43. The number of carbonyl (C=O) groups is 2. The monoisotopic (exact) mass is 433 g/mol. The lowest BCUT2D eigenvalue weighted by Crippen LogP contribution is -2.56. The molecule has 1 aromatic rings. The summed E-state index contributed by atoms with van der Waals surface area (Å²) in [5.74, 6) is -1.59. The number of halogens is 1. The smallest absolute Gasteiger partial charge is 0.249 e. The number of rotatable bonds is 5. The summed E-state index contributed by atoms with van der Waals surface area (Å²) in [6, 6.07) is 4.11. The minimum absolute atomic E-state index is 0.0688. The number of amides is 2.